The Hall–Kier alpha value is -0.920. The maximum atomic E-state index is 12.7. The topological polar surface area (TPSA) is 49.8 Å². The highest BCUT2D eigenvalue weighted by Crippen LogP contribution is 2.22. The Labute approximate surface area is 77.9 Å². The minimum absolute atomic E-state index is 0.390. The van der Waals surface area contributed by atoms with Gasteiger partial charge in [0.2, 0.25) is 0 Å². The molecule has 0 aliphatic heterocycles. The first-order chi connectivity index (χ1) is 5.65. The van der Waals surface area contributed by atoms with Gasteiger partial charge in [-0.15, -0.1) is 0 Å². The van der Waals surface area contributed by atoms with E-state index in [-0.39, 0.29) is 5.82 Å². The minimum atomic E-state index is -0.782. The van der Waals surface area contributed by atoms with Crippen molar-refractivity contribution >= 4 is 15.9 Å². The number of benzene rings is 1. The fourth-order valence-electron chi connectivity index (χ4n) is 0.822. The van der Waals surface area contributed by atoms with Crippen LogP contribution in [0.3, 0.4) is 0 Å². The lowest BCUT2D eigenvalue weighted by Gasteiger charge is -2.05. The monoisotopic (exact) mass is 228 g/mol. The Bertz CT molecular complexity index is 332. The third-order valence-corrected chi connectivity index (χ3v) is 2.15. The van der Waals surface area contributed by atoms with Gasteiger partial charge < -0.3 is 5.73 Å². The van der Waals surface area contributed by atoms with Gasteiger partial charge in [-0.2, -0.15) is 5.26 Å². The van der Waals surface area contributed by atoms with Crippen molar-refractivity contribution in [2.24, 2.45) is 5.73 Å². The predicted octanol–water partition coefficient (Wildman–Crippen LogP) is 2.11. The van der Waals surface area contributed by atoms with Crippen molar-refractivity contribution < 1.29 is 4.39 Å². The van der Waals surface area contributed by atoms with Crippen molar-refractivity contribution in [3.8, 4) is 6.07 Å². The van der Waals surface area contributed by atoms with Crippen molar-refractivity contribution in [2.75, 3.05) is 0 Å². The molecule has 2 N–H and O–H groups in total. The highest BCUT2D eigenvalue weighted by atomic mass is 79.9. The summed E-state index contributed by atoms with van der Waals surface area (Å²) in [5.41, 5.74) is 5.88. The van der Waals surface area contributed by atoms with Gasteiger partial charge in [0.05, 0.1) is 6.07 Å². The van der Waals surface area contributed by atoms with E-state index in [4.69, 9.17) is 11.0 Å². The molecule has 0 spiro atoms. The SMILES string of the molecule is N#C[C@@H](N)c1cc(F)ccc1Br. The van der Waals surface area contributed by atoms with Crippen LogP contribution in [0.1, 0.15) is 11.6 Å². The summed E-state index contributed by atoms with van der Waals surface area (Å²) in [4.78, 5) is 0. The molecule has 0 saturated heterocycles. The molecule has 0 amide bonds. The summed E-state index contributed by atoms with van der Waals surface area (Å²) in [5.74, 6) is -0.390. The smallest absolute Gasteiger partial charge is 0.123 e. The second-order valence-corrected chi connectivity index (χ2v) is 3.13. The molecule has 1 aromatic carbocycles. The number of nitriles is 1. The molecule has 2 nitrogen and oxygen atoms in total. The van der Waals surface area contributed by atoms with Crippen LogP contribution in [0, 0.1) is 17.1 Å². The van der Waals surface area contributed by atoms with Crippen LogP contribution in [0.25, 0.3) is 0 Å². The van der Waals surface area contributed by atoms with Crippen LogP contribution in [-0.4, -0.2) is 0 Å². The quantitative estimate of drug-likeness (QED) is 0.801. The van der Waals surface area contributed by atoms with Crippen LogP contribution in [0.4, 0.5) is 4.39 Å². The number of rotatable bonds is 1. The van der Waals surface area contributed by atoms with E-state index in [1.165, 1.54) is 18.2 Å². The predicted molar refractivity (Wildman–Crippen MR) is 46.6 cm³/mol. The van der Waals surface area contributed by atoms with Gasteiger partial charge in [-0.1, -0.05) is 15.9 Å². The lowest BCUT2D eigenvalue weighted by molar-refractivity contribution is 0.624. The Morgan fingerprint density at radius 3 is 2.83 bits per heavy atom. The summed E-state index contributed by atoms with van der Waals surface area (Å²) in [6.45, 7) is 0. The minimum Gasteiger partial charge on any atom is -0.312 e. The largest absolute Gasteiger partial charge is 0.312 e. The van der Waals surface area contributed by atoms with E-state index in [0.29, 0.717) is 10.0 Å². The molecule has 1 atom stereocenters. The lowest BCUT2D eigenvalue weighted by Crippen LogP contribution is -2.08. The summed E-state index contributed by atoms with van der Waals surface area (Å²) in [6, 6.07) is 5.13. The van der Waals surface area contributed by atoms with E-state index in [9.17, 15) is 4.39 Å². The molecule has 1 aromatic rings. The maximum Gasteiger partial charge on any atom is 0.123 e. The molecule has 0 aromatic heterocycles. The van der Waals surface area contributed by atoms with E-state index in [0.717, 1.165) is 0 Å². The van der Waals surface area contributed by atoms with Crippen LogP contribution in [-0.2, 0) is 0 Å². The second-order valence-electron chi connectivity index (χ2n) is 2.27. The molecule has 0 saturated carbocycles. The summed E-state index contributed by atoms with van der Waals surface area (Å²) >= 11 is 3.17. The fourth-order valence-corrected chi connectivity index (χ4v) is 1.32. The molecule has 62 valence electrons. The normalized spacial score (nSPS) is 12.2. The lowest BCUT2D eigenvalue weighted by atomic mass is 10.1. The van der Waals surface area contributed by atoms with Crippen LogP contribution in [0.15, 0.2) is 22.7 Å². The first-order valence-corrected chi connectivity index (χ1v) is 4.04. The van der Waals surface area contributed by atoms with Crippen LogP contribution in [0.5, 0.6) is 0 Å². The molecule has 0 bridgehead atoms. The molecule has 0 unspecified atom stereocenters. The molecule has 0 fully saturated rings. The molecule has 1 rings (SSSR count). The van der Waals surface area contributed by atoms with E-state index >= 15 is 0 Å². The van der Waals surface area contributed by atoms with Gasteiger partial charge in [0, 0.05) is 10.0 Å². The highest BCUT2D eigenvalue weighted by molar-refractivity contribution is 9.10. The van der Waals surface area contributed by atoms with E-state index in [1.807, 2.05) is 6.07 Å². The molecule has 4 heteroatoms. The Morgan fingerprint density at radius 2 is 2.25 bits per heavy atom. The summed E-state index contributed by atoms with van der Waals surface area (Å²) in [5, 5.41) is 8.49. The van der Waals surface area contributed by atoms with E-state index < -0.39 is 6.04 Å². The van der Waals surface area contributed by atoms with Gasteiger partial charge in [-0.25, -0.2) is 4.39 Å². The zero-order valence-electron chi connectivity index (χ0n) is 6.09. The third kappa shape index (κ3) is 1.81. The van der Waals surface area contributed by atoms with Crippen molar-refractivity contribution in [1.29, 1.82) is 5.26 Å². The standard InChI is InChI=1S/C8H6BrFN2/c9-7-2-1-5(10)3-6(7)8(12)4-11/h1-3,8H,12H2/t8-/m1/s1. The van der Waals surface area contributed by atoms with Gasteiger partial charge in [0.15, 0.2) is 0 Å². The molecule has 0 aliphatic rings. The Morgan fingerprint density at radius 1 is 1.58 bits per heavy atom. The molecule has 0 aliphatic carbocycles. The summed E-state index contributed by atoms with van der Waals surface area (Å²) < 4.78 is 13.3. The van der Waals surface area contributed by atoms with E-state index in [1.54, 1.807) is 0 Å². The molecule has 0 radical (unpaired) electrons. The Kier molecular flexibility index (Phi) is 2.79. The zero-order valence-corrected chi connectivity index (χ0v) is 7.68. The highest BCUT2D eigenvalue weighted by Gasteiger charge is 2.08. The van der Waals surface area contributed by atoms with Crippen molar-refractivity contribution in [2.45, 2.75) is 6.04 Å². The zero-order chi connectivity index (χ0) is 9.14. The maximum absolute atomic E-state index is 12.7. The number of halogens is 2. The van der Waals surface area contributed by atoms with Crippen molar-refractivity contribution in [3.05, 3.63) is 34.1 Å². The first kappa shape index (κ1) is 9.17. The average molecular weight is 229 g/mol. The molecule has 12 heavy (non-hydrogen) atoms. The van der Waals surface area contributed by atoms with Gasteiger partial charge in [-0.3, -0.25) is 0 Å². The van der Waals surface area contributed by atoms with Crippen LogP contribution in [0.2, 0.25) is 0 Å². The number of nitrogens with zero attached hydrogens (tertiary/aromatic N) is 1. The van der Waals surface area contributed by atoms with E-state index in [2.05, 4.69) is 15.9 Å². The van der Waals surface area contributed by atoms with Gasteiger partial charge >= 0.3 is 0 Å². The van der Waals surface area contributed by atoms with Crippen molar-refractivity contribution in [1.82, 2.24) is 0 Å². The average Bonchev–Trinajstić information content (AvgIpc) is 2.08. The van der Waals surface area contributed by atoms with Gasteiger partial charge in [0.1, 0.15) is 11.9 Å². The van der Waals surface area contributed by atoms with Gasteiger partial charge in [-0.05, 0) is 18.2 Å². The molecular weight excluding hydrogens is 223 g/mol. The summed E-state index contributed by atoms with van der Waals surface area (Å²) in [6.07, 6.45) is 0. The number of nitrogens with two attached hydrogens (primary N) is 1. The fraction of sp³-hybridized carbons (Fsp3) is 0.125. The number of hydrogen-bond acceptors (Lipinski definition) is 2. The Balaban J connectivity index is 3.15. The van der Waals surface area contributed by atoms with Crippen molar-refractivity contribution in [3.63, 3.8) is 0 Å². The first-order valence-electron chi connectivity index (χ1n) is 3.25. The van der Waals surface area contributed by atoms with Crippen LogP contribution < -0.4 is 5.73 Å². The molecular formula is C8H6BrFN2. The second kappa shape index (κ2) is 3.65. The third-order valence-electron chi connectivity index (χ3n) is 1.43. The summed E-state index contributed by atoms with van der Waals surface area (Å²) in [7, 11) is 0. The van der Waals surface area contributed by atoms with Gasteiger partial charge in [0.25, 0.3) is 0 Å². The molecule has 0 heterocycles. The number of hydrogen-bond donors (Lipinski definition) is 1. The van der Waals surface area contributed by atoms with Crippen LogP contribution >= 0.6 is 15.9 Å².